The fourth-order valence-electron chi connectivity index (χ4n) is 4.88. The summed E-state index contributed by atoms with van der Waals surface area (Å²) in [5.74, 6) is -0.317. The number of carbonyl (C=O) groups excluding carboxylic acids is 2. The Hall–Kier alpha value is -3.28. The molecule has 1 saturated carbocycles. The molecule has 1 unspecified atom stereocenters. The third-order valence-corrected chi connectivity index (χ3v) is 6.44. The molecule has 2 aliphatic rings. The number of pyridine rings is 1. The molecule has 6 nitrogen and oxygen atoms in total. The minimum absolute atomic E-state index is 0.170. The van der Waals surface area contributed by atoms with Crippen molar-refractivity contribution < 1.29 is 9.59 Å². The number of hydrogen-bond acceptors (Lipinski definition) is 5. The summed E-state index contributed by atoms with van der Waals surface area (Å²) in [7, 11) is 0. The van der Waals surface area contributed by atoms with E-state index >= 15 is 0 Å². The van der Waals surface area contributed by atoms with E-state index < -0.39 is 0 Å². The summed E-state index contributed by atoms with van der Waals surface area (Å²) >= 11 is 0. The van der Waals surface area contributed by atoms with Crippen LogP contribution in [0.2, 0.25) is 0 Å². The monoisotopic (exact) mass is 430 g/mol. The smallest absolute Gasteiger partial charge is 0.255 e. The predicted molar refractivity (Wildman–Crippen MR) is 128 cm³/mol. The molecule has 1 fully saturated rings. The van der Waals surface area contributed by atoms with E-state index in [0.717, 1.165) is 42.9 Å². The molecule has 2 atom stereocenters. The number of ketones is 1. The Labute approximate surface area is 189 Å². The molecule has 4 rings (SSSR count). The normalized spacial score (nSPS) is 20.5. The van der Waals surface area contributed by atoms with Gasteiger partial charge in [0.25, 0.3) is 5.91 Å². The molecule has 32 heavy (non-hydrogen) atoms. The van der Waals surface area contributed by atoms with Crippen LogP contribution < -0.4 is 10.2 Å². The van der Waals surface area contributed by atoms with Crippen molar-refractivity contribution in [3.8, 4) is 0 Å². The highest BCUT2D eigenvalue weighted by molar-refractivity contribution is 6.13. The highest BCUT2D eigenvalue weighted by atomic mass is 16.2. The van der Waals surface area contributed by atoms with Gasteiger partial charge in [0.15, 0.2) is 0 Å². The maximum atomic E-state index is 13.4. The minimum atomic E-state index is -0.378. The standard InChI is InChI=1S/C26H30N4O2/c1-4-30(5-2)19-14-12-18(13-15-19)24-23(26(32)29-22-11-6-7-16-27-22)17(3)28-20-9-8-10-21(31)25(20)24/h6-7,11-16,24-25H,4-5,8-10H2,1-3H3,(H,27,29,32)/t24-,25?/m0/s1. The fraction of sp³-hybridized carbons (Fsp3) is 0.385. The third kappa shape index (κ3) is 4.22. The molecule has 2 heterocycles. The Morgan fingerprint density at radius 3 is 2.47 bits per heavy atom. The lowest BCUT2D eigenvalue weighted by atomic mass is 9.69. The number of allylic oxidation sites excluding steroid dienone is 1. The van der Waals surface area contributed by atoms with E-state index in [1.807, 2.05) is 13.0 Å². The van der Waals surface area contributed by atoms with Gasteiger partial charge in [-0.3, -0.25) is 14.6 Å². The fourth-order valence-corrected chi connectivity index (χ4v) is 4.88. The van der Waals surface area contributed by atoms with Gasteiger partial charge in [-0.15, -0.1) is 0 Å². The van der Waals surface area contributed by atoms with Crippen LogP contribution in [0.3, 0.4) is 0 Å². The Kier molecular flexibility index (Phi) is 6.49. The van der Waals surface area contributed by atoms with Crippen LogP contribution >= 0.6 is 0 Å². The molecule has 0 radical (unpaired) electrons. The number of rotatable bonds is 6. The van der Waals surface area contributed by atoms with E-state index in [-0.39, 0.29) is 23.5 Å². The maximum absolute atomic E-state index is 13.4. The van der Waals surface area contributed by atoms with Crippen LogP contribution in [0, 0.1) is 5.92 Å². The maximum Gasteiger partial charge on any atom is 0.255 e. The van der Waals surface area contributed by atoms with Gasteiger partial charge in [-0.2, -0.15) is 0 Å². The lowest BCUT2D eigenvalue weighted by Crippen LogP contribution is -2.39. The first-order valence-electron chi connectivity index (χ1n) is 11.4. The third-order valence-electron chi connectivity index (χ3n) is 6.44. The summed E-state index contributed by atoms with van der Waals surface area (Å²) in [5.41, 5.74) is 4.25. The number of hydrogen-bond donors (Lipinski definition) is 1. The van der Waals surface area contributed by atoms with Crippen LogP contribution in [0.15, 0.2) is 64.9 Å². The number of aromatic nitrogens is 1. The molecule has 1 amide bonds. The van der Waals surface area contributed by atoms with Gasteiger partial charge in [0, 0.05) is 54.3 Å². The zero-order chi connectivity index (χ0) is 22.7. The zero-order valence-corrected chi connectivity index (χ0v) is 19.0. The molecule has 0 bridgehead atoms. The van der Waals surface area contributed by atoms with Crippen LogP contribution in [0.4, 0.5) is 11.5 Å². The van der Waals surface area contributed by atoms with Gasteiger partial charge in [0.05, 0.1) is 5.92 Å². The molecular formula is C26H30N4O2. The van der Waals surface area contributed by atoms with E-state index in [9.17, 15) is 9.59 Å². The van der Waals surface area contributed by atoms with Crippen molar-refractivity contribution in [1.82, 2.24) is 4.98 Å². The number of aliphatic imine (C=N–C) groups is 1. The van der Waals surface area contributed by atoms with Crippen LogP contribution in [-0.2, 0) is 9.59 Å². The molecule has 1 aromatic heterocycles. The summed E-state index contributed by atoms with van der Waals surface area (Å²) in [6, 6.07) is 13.7. The first-order valence-corrected chi connectivity index (χ1v) is 11.4. The molecular weight excluding hydrogens is 400 g/mol. The van der Waals surface area contributed by atoms with Gasteiger partial charge in [-0.25, -0.2) is 4.98 Å². The van der Waals surface area contributed by atoms with Crippen molar-refractivity contribution in [2.75, 3.05) is 23.3 Å². The summed E-state index contributed by atoms with van der Waals surface area (Å²) < 4.78 is 0. The highest BCUT2D eigenvalue weighted by Crippen LogP contribution is 2.43. The van der Waals surface area contributed by atoms with Crippen molar-refractivity contribution in [2.45, 2.75) is 46.0 Å². The van der Waals surface area contributed by atoms with Gasteiger partial charge in [-0.1, -0.05) is 18.2 Å². The largest absolute Gasteiger partial charge is 0.372 e. The second-order valence-corrected chi connectivity index (χ2v) is 8.31. The van der Waals surface area contributed by atoms with Gasteiger partial charge in [0.2, 0.25) is 0 Å². The highest BCUT2D eigenvalue weighted by Gasteiger charge is 2.43. The second kappa shape index (κ2) is 9.47. The van der Waals surface area contributed by atoms with E-state index in [4.69, 9.17) is 4.99 Å². The average Bonchev–Trinajstić information content (AvgIpc) is 2.80. The summed E-state index contributed by atoms with van der Waals surface area (Å²) in [6.45, 7) is 7.98. The van der Waals surface area contributed by atoms with Crippen molar-refractivity contribution in [3.05, 3.63) is 65.5 Å². The number of anilines is 2. The number of amides is 1. The van der Waals surface area contributed by atoms with E-state index in [0.29, 0.717) is 23.5 Å². The van der Waals surface area contributed by atoms with E-state index in [1.165, 1.54) is 0 Å². The molecule has 0 saturated heterocycles. The number of carbonyl (C=O) groups is 2. The molecule has 1 aliphatic heterocycles. The molecule has 166 valence electrons. The van der Waals surface area contributed by atoms with Gasteiger partial charge in [0.1, 0.15) is 11.6 Å². The van der Waals surface area contributed by atoms with Crippen molar-refractivity contribution in [3.63, 3.8) is 0 Å². The zero-order valence-electron chi connectivity index (χ0n) is 19.0. The van der Waals surface area contributed by atoms with Crippen LogP contribution in [0.1, 0.15) is 51.5 Å². The number of fused-ring (bicyclic) bond motifs is 1. The van der Waals surface area contributed by atoms with E-state index in [2.05, 4.69) is 53.3 Å². The lowest BCUT2D eigenvalue weighted by molar-refractivity contribution is -0.122. The number of nitrogens with one attached hydrogen (secondary N) is 1. The SMILES string of the molecule is CCN(CC)c1ccc([C@H]2C(C(=O)Nc3ccccn3)=C(C)N=C3CCCC(=O)C32)cc1. The molecule has 1 N–H and O–H groups in total. The van der Waals surface area contributed by atoms with Crippen LogP contribution in [-0.4, -0.2) is 35.5 Å². The first kappa shape index (κ1) is 21.9. The van der Waals surface area contributed by atoms with Crippen molar-refractivity contribution in [1.29, 1.82) is 0 Å². The average molecular weight is 431 g/mol. The van der Waals surface area contributed by atoms with Crippen LogP contribution in [0.25, 0.3) is 0 Å². The number of Topliss-reactive ketones (excluding diaryl/α,β-unsaturated/α-hetero) is 1. The number of nitrogens with zero attached hydrogens (tertiary/aromatic N) is 3. The molecule has 1 aromatic carbocycles. The van der Waals surface area contributed by atoms with Gasteiger partial charge in [-0.05, 0) is 63.4 Å². The van der Waals surface area contributed by atoms with E-state index in [1.54, 1.807) is 18.3 Å². The number of benzene rings is 1. The topological polar surface area (TPSA) is 74.7 Å². The molecule has 2 aromatic rings. The van der Waals surface area contributed by atoms with Crippen LogP contribution in [0.5, 0.6) is 0 Å². The summed E-state index contributed by atoms with van der Waals surface area (Å²) in [4.78, 5) is 37.7. The minimum Gasteiger partial charge on any atom is -0.372 e. The predicted octanol–water partition coefficient (Wildman–Crippen LogP) is 4.75. The second-order valence-electron chi connectivity index (χ2n) is 8.31. The first-order chi connectivity index (χ1) is 15.5. The molecule has 0 spiro atoms. The Morgan fingerprint density at radius 2 is 1.81 bits per heavy atom. The Balaban J connectivity index is 1.75. The lowest BCUT2D eigenvalue weighted by Gasteiger charge is -2.36. The Morgan fingerprint density at radius 1 is 1.06 bits per heavy atom. The quantitative estimate of drug-likeness (QED) is 0.718. The summed E-state index contributed by atoms with van der Waals surface area (Å²) in [5, 5.41) is 2.90. The summed E-state index contributed by atoms with van der Waals surface area (Å²) in [6.07, 6.45) is 3.80. The van der Waals surface area contributed by atoms with Gasteiger partial charge >= 0.3 is 0 Å². The van der Waals surface area contributed by atoms with Crippen molar-refractivity contribution in [2.24, 2.45) is 10.9 Å². The molecule has 1 aliphatic carbocycles. The Bertz CT molecular complexity index is 1050. The van der Waals surface area contributed by atoms with Gasteiger partial charge < -0.3 is 10.2 Å². The molecule has 6 heteroatoms. The van der Waals surface area contributed by atoms with Crippen molar-refractivity contribution >= 4 is 28.9 Å².